The zero-order chi connectivity index (χ0) is 13.3. The maximum atomic E-state index is 13.6. The van der Waals surface area contributed by atoms with Gasteiger partial charge in [0, 0.05) is 10.0 Å². The van der Waals surface area contributed by atoms with Crippen molar-refractivity contribution in [2.75, 3.05) is 0 Å². The van der Waals surface area contributed by atoms with E-state index in [0.717, 1.165) is 12.1 Å². The van der Waals surface area contributed by atoms with Gasteiger partial charge < -0.3 is 0 Å². The Bertz CT molecular complexity index is 628. The number of hydrogen-bond acceptors (Lipinski definition) is 1. The highest BCUT2D eigenvalue weighted by Crippen LogP contribution is 2.23. The second-order valence-electron chi connectivity index (χ2n) is 3.58. The predicted octanol–water partition coefficient (Wildman–Crippen LogP) is 4.61. The number of rotatable bonds is 2. The third kappa shape index (κ3) is 2.60. The molecule has 0 aromatic heterocycles. The molecule has 92 valence electrons. The quantitative estimate of drug-likeness (QED) is 0.734. The molecule has 2 aromatic carbocycles. The summed E-state index contributed by atoms with van der Waals surface area (Å²) >= 11 is 8.90. The number of carbonyl (C=O) groups excluding carboxylic acids is 1. The molecule has 0 bridgehead atoms. The van der Waals surface area contributed by atoms with E-state index in [1.165, 1.54) is 24.3 Å². The van der Waals surface area contributed by atoms with Crippen LogP contribution in [0.5, 0.6) is 0 Å². The van der Waals surface area contributed by atoms with Gasteiger partial charge in [0.05, 0.1) is 10.6 Å². The molecule has 0 aliphatic rings. The van der Waals surface area contributed by atoms with Gasteiger partial charge in [0.2, 0.25) is 0 Å². The van der Waals surface area contributed by atoms with Crippen LogP contribution in [0.4, 0.5) is 8.78 Å². The Morgan fingerprint density at radius 2 is 1.78 bits per heavy atom. The number of carbonyl (C=O) groups is 1. The van der Waals surface area contributed by atoms with Gasteiger partial charge >= 0.3 is 0 Å². The summed E-state index contributed by atoms with van der Waals surface area (Å²) < 4.78 is 27.2. The van der Waals surface area contributed by atoms with E-state index < -0.39 is 17.4 Å². The predicted molar refractivity (Wildman–Crippen MR) is 68.9 cm³/mol. The van der Waals surface area contributed by atoms with Crippen LogP contribution in [0.15, 0.2) is 40.9 Å². The van der Waals surface area contributed by atoms with Crippen molar-refractivity contribution < 1.29 is 13.6 Å². The first-order chi connectivity index (χ1) is 8.49. The molecule has 0 heterocycles. The summed E-state index contributed by atoms with van der Waals surface area (Å²) in [5.74, 6) is -1.93. The number of benzene rings is 2. The summed E-state index contributed by atoms with van der Waals surface area (Å²) in [5.41, 5.74) is -0.205. The minimum atomic E-state index is -0.685. The van der Waals surface area contributed by atoms with E-state index in [1.54, 1.807) is 0 Å². The zero-order valence-electron chi connectivity index (χ0n) is 8.88. The largest absolute Gasteiger partial charge is 0.288 e. The lowest BCUT2D eigenvalue weighted by Crippen LogP contribution is -2.05. The van der Waals surface area contributed by atoms with E-state index in [0.29, 0.717) is 4.47 Å². The van der Waals surface area contributed by atoms with Gasteiger partial charge in [-0.25, -0.2) is 8.78 Å². The van der Waals surface area contributed by atoms with Gasteiger partial charge in [0.15, 0.2) is 5.78 Å². The van der Waals surface area contributed by atoms with E-state index in [4.69, 9.17) is 11.6 Å². The molecule has 2 rings (SSSR count). The second kappa shape index (κ2) is 5.16. The first-order valence-electron chi connectivity index (χ1n) is 4.94. The lowest BCUT2D eigenvalue weighted by atomic mass is 10.0. The van der Waals surface area contributed by atoms with Gasteiger partial charge in [0.25, 0.3) is 0 Å². The Hall–Kier alpha value is -1.26. The molecule has 0 amide bonds. The smallest absolute Gasteiger partial charge is 0.197 e. The lowest BCUT2D eigenvalue weighted by molar-refractivity contribution is 0.103. The Balaban J connectivity index is 2.51. The van der Waals surface area contributed by atoms with E-state index in [-0.39, 0.29) is 16.1 Å². The van der Waals surface area contributed by atoms with Crippen molar-refractivity contribution in [2.45, 2.75) is 0 Å². The molecule has 2 aromatic rings. The molecule has 0 saturated carbocycles. The van der Waals surface area contributed by atoms with Gasteiger partial charge in [-0.3, -0.25) is 4.79 Å². The number of ketones is 1. The minimum absolute atomic E-state index is 0.0575. The Labute approximate surface area is 116 Å². The zero-order valence-corrected chi connectivity index (χ0v) is 11.2. The maximum Gasteiger partial charge on any atom is 0.197 e. The molecular formula is C13H6BrClF2O. The van der Waals surface area contributed by atoms with Gasteiger partial charge in [-0.15, -0.1) is 0 Å². The van der Waals surface area contributed by atoms with Crippen molar-refractivity contribution in [2.24, 2.45) is 0 Å². The van der Waals surface area contributed by atoms with Gasteiger partial charge in [-0.05, 0) is 36.4 Å². The first-order valence-corrected chi connectivity index (χ1v) is 6.11. The highest BCUT2D eigenvalue weighted by molar-refractivity contribution is 9.10. The van der Waals surface area contributed by atoms with E-state index in [1.807, 2.05) is 0 Å². The van der Waals surface area contributed by atoms with Gasteiger partial charge in [-0.2, -0.15) is 0 Å². The van der Waals surface area contributed by atoms with Gasteiger partial charge in [-0.1, -0.05) is 27.5 Å². The maximum absolute atomic E-state index is 13.6. The van der Waals surface area contributed by atoms with Crippen molar-refractivity contribution >= 4 is 33.3 Å². The molecule has 5 heteroatoms. The van der Waals surface area contributed by atoms with Crippen LogP contribution in [0.1, 0.15) is 15.9 Å². The Kier molecular flexibility index (Phi) is 3.78. The topological polar surface area (TPSA) is 17.1 Å². The fraction of sp³-hybridized carbons (Fsp3) is 0. The van der Waals surface area contributed by atoms with Crippen molar-refractivity contribution in [3.8, 4) is 0 Å². The van der Waals surface area contributed by atoms with Crippen LogP contribution in [-0.2, 0) is 0 Å². The number of hydrogen-bond donors (Lipinski definition) is 0. The third-order valence-electron chi connectivity index (χ3n) is 2.35. The molecule has 0 radical (unpaired) electrons. The molecule has 0 aliphatic heterocycles. The Morgan fingerprint density at radius 1 is 1.06 bits per heavy atom. The van der Waals surface area contributed by atoms with Crippen molar-refractivity contribution in [1.82, 2.24) is 0 Å². The fourth-order valence-corrected chi connectivity index (χ4v) is 2.03. The molecule has 0 spiro atoms. The highest BCUT2D eigenvalue weighted by atomic mass is 79.9. The molecule has 0 saturated heterocycles. The average Bonchev–Trinajstić information content (AvgIpc) is 2.31. The van der Waals surface area contributed by atoms with E-state index in [9.17, 15) is 13.6 Å². The summed E-state index contributed by atoms with van der Waals surface area (Å²) in [6, 6.07) is 7.41. The minimum Gasteiger partial charge on any atom is -0.288 e. The summed E-state index contributed by atoms with van der Waals surface area (Å²) in [4.78, 5) is 12.0. The summed E-state index contributed by atoms with van der Waals surface area (Å²) in [6.45, 7) is 0. The monoisotopic (exact) mass is 330 g/mol. The molecule has 0 fully saturated rings. The molecule has 0 unspecified atom stereocenters. The molecular weight excluding hydrogens is 325 g/mol. The standard InChI is InChI=1S/C13H6BrClF2O/c14-7-1-3-9(12(17)5-7)13(18)10-6-8(16)2-4-11(10)15/h1-6H. The first kappa shape index (κ1) is 13.2. The van der Waals surface area contributed by atoms with E-state index in [2.05, 4.69) is 15.9 Å². The third-order valence-corrected chi connectivity index (χ3v) is 3.17. The molecule has 1 nitrogen and oxygen atoms in total. The normalized spacial score (nSPS) is 10.4. The van der Waals surface area contributed by atoms with Crippen molar-refractivity contribution in [3.63, 3.8) is 0 Å². The molecule has 0 aliphatic carbocycles. The van der Waals surface area contributed by atoms with Crippen LogP contribution in [0.2, 0.25) is 5.02 Å². The van der Waals surface area contributed by atoms with Crippen molar-refractivity contribution in [1.29, 1.82) is 0 Å². The van der Waals surface area contributed by atoms with Crippen LogP contribution >= 0.6 is 27.5 Å². The molecule has 0 atom stereocenters. The lowest BCUT2D eigenvalue weighted by Gasteiger charge is -2.05. The van der Waals surface area contributed by atoms with E-state index >= 15 is 0 Å². The van der Waals surface area contributed by atoms with Crippen molar-refractivity contribution in [3.05, 3.63) is 68.7 Å². The second-order valence-corrected chi connectivity index (χ2v) is 4.90. The fourth-order valence-electron chi connectivity index (χ4n) is 1.49. The van der Waals surface area contributed by atoms with Gasteiger partial charge in [0.1, 0.15) is 11.6 Å². The molecule has 0 N–H and O–H groups in total. The summed E-state index contributed by atoms with van der Waals surface area (Å²) in [7, 11) is 0. The average molecular weight is 332 g/mol. The van der Waals surface area contributed by atoms with Crippen LogP contribution < -0.4 is 0 Å². The van der Waals surface area contributed by atoms with Crippen LogP contribution in [0.25, 0.3) is 0 Å². The highest BCUT2D eigenvalue weighted by Gasteiger charge is 2.17. The SMILES string of the molecule is O=C(c1ccc(Br)cc1F)c1cc(F)ccc1Cl. The molecule has 18 heavy (non-hydrogen) atoms. The summed E-state index contributed by atoms with van der Waals surface area (Å²) in [6.07, 6.45) is 0. The van der Waals surface area contributed by atoms with Crippen LogP contribution in [0.3, 0.4) is 0 Å². The van der Waals surface area contributed by atoms with Crippen LogP contribution in [-0.4, -0.2) is 5.78 Å². The Morgan fingerprint density at radius 3 is 2.44 bits per heavy atom. The number of halogens is 4. The summed E-state index contributed by atoms with van der Waals surface area (Å²) in [5, 5.41) is 0.0868. The van der Waals surface area contributed by atoms with Crippen LogP contribution in [0, 0.1) is 11.6 Å².